The number of hydrogen-bond donors (Lipinski definition) is 0. The summed E-state index contributed by atoms with van der Waals surface area (Å²) in [7, 11) is 0. The molecule has 33 heavy (non-hydrogen) atoms. The first-order valence-electron chi connectivity index (χ1n) is 12.8. The van der Waals surface area contributed by atoms with Crippen molar-refractivity contribution in [3.8, 4) is 0 Å². The molecular formula is C33H54. The highest BCUT2D eigenvalue weighted by Crippen LogP contribution is 2.41. The molecule has 0 fully saturated rings. The lowest BCUT2D eigenvalue weighted by Crippen LogP contribution is -2.33. The molecule has 0 aliphatic rings. The lowest BCUT2D eigenvalue weighted by atomic mass is 9.65. The smallest absolute Gasteiger partial charge is 0.00551 e. The largest absolute Gasteiger partial charge is 0.0599 e. The SMILES string of the molecule is CC(C)(C)Cc1ccc(C(C)(C)C(C)(C)C)cc1.CC(C)(C)Cc1ccc(C(C)(C)C)cc1. The highest BCUT2D eigenvalue weighted by atomic mass is 14.4. The molecule has 0 saturated heterocycles. The number of benzene rings is 2. The van der Waals surface area contributed by atoms with Crippen LogP contribution in [0.25, 0.3) is 0 Å². The summed E-state index contributed by atoms with van der Waals surface area (Å²) in [5.41, 5.74) is 7.22. The summed E-state index contributed by atoms with van der Waals surface area (Å²) in [6.45, 7) is 32.1. The third-order valence-electron chi connectivity index (χ3n) is 6.84. The van der Waals surface area contributed by atoms with E-state index in [0.29, 0.717) is 10.8 Å². The van der Waals surface area contributed by atoms with Crippen molar-refractivity contribution in [1.82, 2.24) is 0 Å². The first-order chi connectivity index (χ1) is 14.6. The van der Waals surface area contributed by atoms with E-state index in [4.69, 9.17) is 0 Å². The zero-order valence-electron chi connectivity index (χ0n) is 24.5. The van der Waals surface area contributed by atoms with E-state index >= 15 is 0 Å². The molecule has 0 heterocycles. The van der Waals surface area contributed by atoms with Crippen LogP contribution in [-0.2, 0) is 23.7 Å². The molecular weight excluding hydrogens is 396 g/mol. The molecule has 0 N–H and O–H groups in total. The third-order valence-corrected chi connectivity index (χ3v) is 6.84. The molecule has 0 bridgehead atoms. The topological polar surface area (TPSA) is 0 Å². The van der Waals surface area contributed by atoms with Crippen molar-refractivity contribution in [2.45, 2.75) is 121 Å². The van der Waals surface area contributed by atoms with E-state index in [1.165, 1.54) is 22.3 Å². The summed E-state index contributed by atoms with van der Waals surface area (Å²) in [4.78, 5) is 0. The summed E-state index contributed by atoms with van der Waals surface area (Å²) >= 11 is 0. The van der Waals surface area contributed by atoms with Gasteiger partial charge < -0.3 is 0 Å². The monoisotopic (exact) mass is 450 g/mol. The van der Waals surface area contributed by atoms with Crippen molar-refractivity contribution in [2.24, 2.45) is 16.2 Å². The molecule has 0 unspecified atom stereocenters. The fourth-order valence-corrected chi connectivity index (χ4v) is 3.82. The minimum atomic E-state index is 0.202. The van der Waals surface area contributed by atoms with Gasteiger partial charge in [-0.3, -0.25) is 0 Å². The Morgan fingerprint density at radius 2 is 0.727 bits per heavy atom. The molecule has 2 aromatic rings. The fourth-order valence-electron chi connectivity index (χ4n) is 3.82. The van der Waals surface area contributed by atoms with E-state index in [2.05, 4.69) is 145 Å². The molecule has 2 rings (SSSR count). The predicted molar refractivity (Wildman–Crippen MR) is 150 cm³/mol. The standard InChI is InChI=1S/C18H30.C15H24/c1-16(2,3)13-14-9-11-15(12-10-14)18(7,8)17(4,5)6;1-14(2,3)11-12-7-9-13(10-8-12)15(4,5)6/h9-12H,13H2,1-8H3;7-10H,11H2,1-6H3. The molecule has 0 spiro atoms. The zero-order chi connectivity index (χ0) is 25.9. The molecule has 0 saturated carbocycles. The second-order valence-corrected chi connectivity index (χ2v) is 15.0. The van der Waals surface area contributed by atoms with Gasteiger partial charge in [0.05, 0.1) is 0 Å². The number of hydrogen-bond acceptors (Lipinski definition) is 0. The minimum Gasteiger partial charge on any atom is -0.0599 e. The van der Waals surface area contributed by atoms with Crippen molar-refractivity contribution in [3.05, 3.63) is 70.8 Å². The average Bonchev–Trinajstić information content (AvgIpc) is 2.58. The van der Waals surface area contributed by atoms with Crippen molar-refractivity contribution in [2.75, 3.05) is 0 Å². The highest BCUT2D eigenvalue weighted by molar-refractivity contribution is 5.30. The van der Waals surface area contributed by atoms with Crippen LogP contribution in [0, 0.1) is 16.2 Å². The first-order valence-corrected chi connectivity index (χ1v) is 12.8. The van der Waals surface area contributed by atoms with Gasteiger partial charge in [-0.05, 0) is 62.2 Å². The summed E-state index contributed by atoms with van der Waals surface area (Å²) in [5.74, 6) is 0. The van der Waals surface area contributed by atoms with Gasteiger partial charge in [-0.15, -0.1) is 0 Å². The van der Waals surface area contributed by atoms with Gasteiger partial charge in [0, 0.05) is 0 Å². The van der Waals surface area contributed by atoms with Crippen LogP contribution in [-0.4, -0.2) is 0 Å². The maximum absolute atomic E-state index is 2.34. The van der Waals surface area contributed by atoms with Gasteiger partial charge in [0.25, 0.3) is 0 Å². The molecule has 0 radical (unpaired) electrons. The van der Waals surface area contributed by atoms with Crippen LogP contribution in [0.1, 0.15) is 119 Å². The molecule has 186 valence electrons. The Morgan fingerprint density at radius 3 is 0.970 bits per heavy atom. The van der Waals surface area contributed by atoms with Crippen molar-refractivity contribution >= 4 is 0 Å². The normalized spacial score (nSPS) is 13.4. The van der Waals surface area contributed by atoms with Crippen LogP contribution in [0.5, 0.6) is 0 Å². The Hall–Kier alpha value is -1.56. The molecule has 0 heteroatoms. The molecule has 0 aliphatic heterocycles. The molecule has 0 amide bonds. The van der Waals surface area contributed by atoms with Gasteiger partial charge >= 0.3 is 0 Å². The Bertz CT molecular complexity index is 833. The molecule has 0 aromatic heterocycles. The molecule has 2 aromatic carbocycles. The Labute approximate surface area is 207 Å². The lowest BCUT2D eigenvalue weighted by molar-refractivity contribution is 0.225. The van der Waals surface area contributed by atoms with E-state index in [1.54, 1.807) is 0 Å². The minimum absolute atomic E-state index is 0.202. The highest BCUT2D eigenvalue weighted by Gasteiger charge is 2.34. The van der Waals surface area contributed by atoms with Crippen molar-refractivity contribution in [3.63, 3.8) is 0 Å². The maximum Gasteiger partial charge on any atom is -0.00551 e. The summed E-state index contributed by atoms with van der Waals surface area (Å²) in [5, 5.41) is 0. The summed E-state index contributed by atoms with van der Waals surface area (Å²) < 4.78 is 0. The number of rotatable bonds is 3. The zero-order valence-corrected chi connectivity index (χ0v) is 24.5. The van der Waals surface area contributed by atoms with Crippen LogP contribution in [0.2, 0.25) is 0 Å². The third kappa shape index (κ3) is 10.1. The predicted octanol–water partition coefficient (Wildman–Crippen LogP) is 10.2. The van der Waals surface area contributed by atoms with Gasteiger partial charge in [0.1, 0.15) is 0 Å². The average molecular weight is 451 g/mol. The van der Waals surface area contributed by atoms with Gasteiger partial charge in [-0.25, -0.2) is 0 Å². The second kappa shape index (κ2) is 10.4. The molecule has 0 nitrogen and oxygen atoms in total. The fraction of sp³-hybridized carbons (Fsp3) is 0.636. The second-order valence-electron chi connectivity index (χ2n) is 15.0. The maximum atomic E-state index is 2.34. The lowest BCUT2D eigenvalue weighted by Gasteiger charge is -2.39. The van der Waals surface area contributed by atoms with Crippen LogP contribution in [0.15, 0.2) is 48.5 Å². The van der Waals surface area contributed by atoms with Crippen LogP contribution in [0.4, 0.5) is 0 Å². The van der Waals surface area contributed by atoms with Crippen LogP contribution < -0.4 is 0 Å². The van der Waals surface area contributed by atoms with E-state index in [-0.39, 0.29) is 16.2 Å². The first kappa shape index (κ1) is 29.5. The van der Waals surface area contributed by atoms with Crippen molar-refractivity contribution < 1.29 is 0 Å². The van der Waals surface area contributed by atoms with Gasteiger partial charge in [-0.2, -0.15) is 0 Å². The van der Waals surface area contributed by atoms with Gasteiger partial charge in [0.15, 0.2) is 0 Å². The summed E-state index contributed by atoms with van der Waals surface area (Å²) in [6, 6.07) is 18.3. The Morgan fingerprint density at radius 1 is 0.424 bits per heavy atom. The summed E-state index contributed by atoms with van der Waals surface area (Å²) in [6.07, 6.45) is 2.29. The van der Waals surface area contributed by atoms with Crippen LogP contribution in [0.3, 0.4) is 0 Å². The Balaban J connectivity index is 0.000000335. The Kier molecular flexibility index (Phi) is 9.26. The quantitative estimate of drug-likeness (QED) is 0.436. The van der Waals surface area contributed by atoms with E-state index in [0.717, 1.165) is 12.8 Å². The van der Waals surface area contributed by atoms with E-state index < -0.39 is 0 Å². The molecule has 0 atom stereocenters. The molecule has 0 aliphatic carbocycles. The van der Waals surface area contributed by atoms with E-state index in [9.17, 15) is 0 Å². The van der Waals surface area contributed by atoms with E-state index in [1.807, 2.05) is 0 Å². The van der Waals surface area contributed by atoms with Crippen molar-refractivity contribution in [1.29, 1.82) is 0 Å². The van der Waals surface area contributed by atoms with Gasteiger partial charge in [-0.1, -0.05) is 145 Å². The van der Waals surface area contributed by atoms with Crippen LogP contribution >= 0.6 is 0 Å². The van der Waals surface area contributed by atoms with Gasteiger partial charge in [0.2, 0.25) is 0 Å².